The van der Waals surface area contributed by atoms with Gasteiger partial charge in [0, 0.05) is 0 Å². The molecule has 0 saturated carbocycles. The number of rotatable bonds is 7. The predicted octanol–water partition coefficient (Wildman–Crippen LogP) is 5.54. The third-order valence-corrected chi connectivity index (χ3v) is 6.55. The van der Waals surface area contributed by atoms with Gasteiger partial charge in [-0.05, 0) is 35.3 Å². The molecule has 2 heterocycles. The summed E-state index contributed by atoms with van der Waals surface area (Å²) in [7, 11) is 0. The molecule has 1 unspecified atom stereocenters. The highest BCUT2D eigenvalue weighted by atomic mass is 32.2. The first-order chi connectivity index (χ1) is 16.4. The van der Waals surface area contributed by atoms with E-state index in [4.69, 9.17) is 9.72 Å². The molecule has 0 amide bonds. The molecule has 176 valence electrons. The Morgan fingerprint density at radius 2 is 1.79 bits per heavy atom. The number of anilines is 1. The standard InChI is InChI=1S/C27H29N3O3S/c1-5-33-26(32)21-20(18-14-12-17(13-15-18)16(3)4)22-24(29-27(34-6-2)30-25(22)31)28-23(21)19-10-8-7-9-11-19/h7-16,20H,5-6H2,1-4H3,(H2,28,29,30,31). The molecule has 0 fully saturated rings. The van der Waals surface area contributed by atoms with E-state index < -0.39 is 11.9 Å². The summed E-state index contributed by atoms with van der Waals surface area (Å²) in [4.78, 5) is 34.3. The van der Waals surface area contributed by atoms with Crippen molar-refractivity contribution in [2.75, 3.05) is 17.7 Å². The maximum atomic E-state index is 13.4. The average Bonchev–Trinajstić information content (AvgIpc) is 2.84. The van der Waals surface area contributed by atoms with E-state index in [2.05, 4.69) is 36.3 Å². The van der Waals surface area contributed by atoms with E-state index in [-0.39, 0.29) is 12.2 Å². The normalized spacial score (nSPS) is 15.1. The molecule has 2 aromatic carbocycles. The van der Waals surface area contributed by atoms with E-state index in [1.54, 1.807) is 6.92 Å². The minimum absolute atomic E-state index is 0.233. The Kier molecular flexibility index (Phi) is 7.22. The molecule has 0 bridgehead atoms. The zero-order chi connectivity index (χ0) is 24.2. The second-order valence-corrected chi connectivity index (χ2v) is 9.57. The molecule has 1 atom stereocenters. The number of H-pyrrole nitrogens is 1. The van der Waals surface area contributed by atoms with Crippen LogP contribution in [-0.4, -0.2) is 28.3 Å². The summed E-state index contributed by atoms with van der Waals surface area (Å²) in [5, 5.41) is 3.85. The lowest BCUT2D eigenvalue weighted by Crippen LogP contribution is -2.31. The quantitative estimate of drug-likeness (QED) is 0.265. The van der Waals surface area contributed by atoms with Crippen LogP contribution in [0.2, 0.25) is 0 Å². The molecule has 3 aromatic rings. The molecule has 34 heavy (non-hydrogen) atoms. The molecule has 0 spiro atoms. The molecule has 1 aromatic heterocycles. The Hall–Kier alpha value is -3.32. The monoisotopic (exact) mass is 475 g/mol. The fourth-order valence-corrected chi connectivity index (χ4v) is 4.77. The molecule has 0 radical (unpaired) electrons. The molecule has 6 nitrogen and oxygen atoms in total. The molecule has 7 heteroatoms. The van der Waals surface area contributed by atoms with Crippen LogP contribution >= 0.6 is 11.8 Å². The number of aromatic nitrogens is 2. The van der Waals surface area contributed by atoms with Crippen LogP contribution in [0.25, 0.3) is 5.70 Å². The fourth-order valence-electron chi connectivity index (χ4n) is 4.17. The van der Waals surface area contributed by atoms with Crippen LogP contribution in [0.3, 0.4) is 0 Å². The van der Waals surface area contributed by atoms with Crippen molar-refractivity contribution in [3.8, 4) is 0 Å². The van der Waals surface area contributed by atoms with Gasteiger partial charge in [0.2, 0.25) is 0 Å². The number of hydrogen-bond donors (Lipinski definition) is 2. The van der Waals surface area contributed by atoms with Gasteiger partial charge in [0.25, 0.3) is 5.56 Å². The first kappa shape index (κ1) is 23.8. The number of ether oxygens (including phenoxy) is 1. The van der Waals surface area contributed by atoms with Crippen molar-refractivity contribution < 1.29 is 9.53 Å². The zero-order valence-electron chi connectivity index (χ0n) is 19.8. The molecule has 4 rings (SSSR count). The van der Waals surface area contributed by atoms with Gasteiger partial charge < -0.3 is 15.0 Å². The van der Waals surface area contributed by atoms with Gasteiger partial charge in [-0.25, -0.2) is 9.78 Å². The van der Waals surface area contributed by atoms with Gasteiger partial charge in [-0.1, -0.05) is 87.1 Å². The fraction of sp³-hybridized carbons (Fsp3) is 0.296. The number of nitrogens with zero attached hydrogens (tertiary/aromatic N) is 1. The lowest BCUT2D eigenvalue weighted by Gasteiger charge is -2.30. The van der Waals surface area contributed by atoms with Crippen LogP contribution in [0.1, 0.15) is 61.8 Å². The van der Waals surface area contributed by atoms with Crippen LogP contribution in [0.4, 0.5) is 5.82 Å². The molecule has 1 aliphatic rings. The van der Waals surface area contributed by atoms with E-state index in [9.17, 15) is 9.59 Å². The molecule has 1 aliphatic heterocycles. The lowest BCUT2D eigenvalue weighted by atomic mass is 9.80. The molecule has 0 saturated heterocycles. The maximum absolute atomic E-state index is 13.4. The summed E-state index contributed by atoms with van der Waals surface area (Å²) in [6.45, 7) is 8.28. The Morgan fingerprint density at radius 3 is 2.41 bits per heavy atom. The van der Waals surface area contributed by atoms with Gasteiger partial charge in [0.1, 0.15) is 5.82 Å². The Balaban J connectivity index is 2.00. The number of carbonyl (C=O) groups is 1. The highest BCUT2D eigenvalue weighted by Crippen LogP contribution is 2.43. The minimum atomic E-state index is -0.622. The number of aromatic amines is 1. The Labute approximate surface area is 203 Å². The van der Waals surface area contributed by atoms with Crippen molar-refractivity contribution in [3.05, 3.63) is 92.8 Å². The van der Waals surface area contributed by atoms with E-state index in [0.717, 1.165) is 16.9 Å². The third-order valence-electron chi connectivity index (χ3n) is 5.80. The number of nitrogens with one attached hydrogen (secondary N) is 2. The number of esters is 1. The summed E-state index contributed by atoms with van der Waals surface area (Å²) in [6, 6.07) is 17.7. The second-order valence-electron chi connectivity index (χ2n) is 8.32. The number of thioether (sulfide) groups is 1. The summed E-state index contributed by atoms with van der Waals surface area (Å²) >= 11 is 1.46. The summed E-state index contributed by atoms with van der Waals surface area (Å²) in [5.74, 6) is 0.530. The van der Waals surface area contributed by atoms with Gasteiger partial charge in [0.15, 0.2) is 5.16 Å². The van der Waals surface area contributed by atoms with Crippen LogP contribution in [-0.2, 0) is 9.53 Å². The summed E-state index contributed by atoms with van der Waals surface area (Å²) in [5.41, 5.74) is 4.01. The maximum Gasteiger partial charge on any atom is 0.337 e. The van der Waals surface area contributed by atoms with Crippen LogP contribution < -0.4 is 10.9 Å². The Morgan fingerprint density at radius 1 is 1.09 bits per heavy atom. The second kappa shape index (κ2) is 10.3. The van der Waals surface area contributed by atoms with Gasteiger partial charge in [0.05, 0.1) is 29.4 Å². The van der Waals surface area contributed by atoms with E-state index in [1.807, 2.05) is 49.4 Å². The topological polar surface area (TPSA) is 84.1 Å². The van der Waals surface area contributed by atoms with E-state index >= 15 is 0 Å². The predicted molar refractivity (Wildman–Crippen MR) is 137 cm³/mol. The summed E-state index contributed by atoms with van der Waals surface area (Å²) in [6.07, 6.45) is 0. The SMILES string of the molecule is CCOC(=O)C1=C(c2ccccc2)Nc2nc(SCC)[nH]c(=O)c2C1c1ccc(C(C)C)cc1. The molecule has 2 N–H and O–H groups in total. The zero-order valence-corrected chi connectivity index (χ0v) is 20.7. The first-order valence-electron chi connectivity index (χ1n) is 11.5. The molecular weight excluding hydrogens is 446 g/mol. The highest BCUT2D eigenvalue weighted by molar-refractivity contribution is 7.99. The number of fused-ring (bicyclic) bond motifs is 1. The van der Waals surface area contributed by atoms with E-state index in [1.165, 1.54) is 17.3 Å². The highest BCUT2D eigenvalue weighted by Gasteiger charge is 2.38. The van der Waals surface area contributed by atoms with Crippen molar-refractivity contribution in [1.82, 2.24) is 9.97 Å². The molecular formula is C27H29N3O3S. The first-order valence-corrected chi connectivity index (χ1v) is 12.5. The summed E-state index contributed by atoms with van der Waals surface area (Å²) < 4.78 is 5.49. The smallest absolute Gasteiger partial charge is 0.337 e. The largest absolute Gasteiger partial charge is 0.463 e. The minimum Gasteiger partial charge on any atom is -0.463 e. The van der Waals surface area contributed by atoms with Gasteiger partial charge in [-0.2, -0.15) is 0 Å². The van der Waals surface area contributed by atoms with Crippen LogP contribution in [0.15, 0.2) is 70.1 Å². The van der Waals surface area contributed by atoms with E-state index in [0.29, 0.717) is 33.7 Å². The van der Waals surface area contributed by atoms with Gasteiger partial charge in [-0.15, -0.1) is 0 Å². The number of hydrogen-bond acceptors (Lipinski definition) is 6. The lowest BCUT2D eigenvalue weighted by molar-refractivity contribution is -0.138. The number of carbonyl (C=O) groups excluding carboxylic acids is 1. The third kappa shape index (κ3) is 4.66. The molecule has 0 aliphatic carbocycles. The van der Waals surface area contributed by atoms with Crippen molar-refractivity contribution >= 4 is 29.2 Å². The van der Waals surface area contributed by atoms with Crippen molar-refractivity contribution in [2.24, 2.45) is 0 Å². The van der Waals surface area contributed by atoms with Crippen LogP contribution in [0.5, 0.6) is 0 Å². The van der Waals surface area contributed by atoms with Crippen LogP contribution in [0, 0.1) is 0 Å². The Bertz CT molecular complexity index is 1260. The van der Waals surface area contributed by atoms with Crippen molar-refractivity contribution in [1.29, 1.82) is 0 Å². The van der Waals surface area contributed by atoms with Crippen molar-refractivity contribution in [3.63, 3.8) is 0 Å². The average molecular weight is 476 g/mol. The number of benzene rings is 2. The van der Waals surface area contributed by atoms with Gasteiger partial charge >= 0.3 is 5.97 Å². The van der Waals surface area contributed by atoms with Crippen molar-refractivity contribution in [2.45, 2.75) is 44.7 Å². The van der Waals surface area contributed by atoms with Gasteiger partial charge in [-0.3, -0.25) is 4.79 Å².